The van der Waals surface area contributed by atoms with Crippen LogP contribution in [0, 0.1) is 18.7 Å². The first-order valence-corrected chi connectivity index (χ1v) is 9.50. The maximum Gasteiger partial charge on any atom is 0.335 e. The summed E-state index contributed by atoms with van der Waals surface area (Å²) in [6.07, 6.45) is 1.05. The van der Waals surface area contributed by atoms with Crippen molar-refractivity contribution in [2.24, 2.45) is 5.92 Å². The Balaban J connectivity index is 1.52. The fourth-order valence-electron chi connectivity index (χ4n) is 3.39. The zero-order valence-electron chi connectivity index (χ0n) is 16.2. The minimum Gasteiger partial charge on any atom is -0.478 e. The number of rotatable bonds is 5. The van der Waals surface area contributed by atoms with Crippen LogP contribution in [-0.2, 0) is 11.3 Å². The lowest BCUT2D eigenvalue weighted by Crippen LogP contribution is -2.43. The van der Waals surface area contributed by atoms with Crippen molar-refractivity contribution >= 4 is 17.8 Å². The molecule has 1 saturated heterocycles. The molecule has 0 saturated carbocycles. The molecule has 0 aromatic heterocycles. The number of hydrogen-bond acceptors (Lipinski definition) is 3. The molecular formula is C22H23FN2O4. The van der Waals surface area contributed by atoms with Crippen LogP contribution in [0.1, 0.15) is 44.7 Å². The number of halogens is 1. The van der Waals surface area contributed by atoms with Gasteiger partial charge in [0.2, 0.25) is 5.91 Å². The van der Waals surface area contributed by atoms with Gasteiger partial charge in [-0.1, -0.05) is 18.2 Å². The molecule has 1 aliphatic rings. The Morgan fingerprint density at radius 1 is 1.10 bits per heavy atom. The maximum absolute atomic E-state index is 13.6. The predicted octanol–water partition coefficient (Wildman–Crippen LogP) is 3.00. The summed E-state index contributed by atoms with van der Waals surface area (Å²) in [6, 6.07) is 10.8. The molecule has 2 N–H and O–H groups in total. The quantitative estimate of drug-likeness (QED) is 0.811. The first-order chi connectivity index (χ1) is 13.8. The molecule has 0 unspecified atom stereocenters. The number of nitrogens with zero attached hydrogens (tertiary/aromatic N) is 1. The van der Waals surface area contributed by atoms with Crippen LogP contribution in [0.2, 0.25) is 0 Å². The first kappa shape index (κ1) is 20.5. The second kappa shape index (κ2) is 8.86. The van der Waals surface area contributed by atoms with Gasteiger partial charge in [0.25, 0.3) is 5.91 Å². The van der Waals surface area contributed by atoms with Gasteiger partial charge in [-0.2, -0.15) is 0 Å². The highest BCUT2D eigenvalue weighted by Gasteiger charge is 2.28. The Morgan fingerprint density at radius 3 is 2.45 bits per heavy atom. The molecule has 152 valence electrons. The van der Waals surface area contributed by atoms with Gasteiger partial charge in [0.15, 0.2) is 0 Å². The van der Waals surface area contributed by atoms with E-state index in [-0.39, 0.29) is 35.7 Å². The van der Waals surface area contributed by atoms with Crippen molar-refractivity contribution in [1.29, 1.82) is 0 Å². The van der Waals surface area contributed by atoms with E-state index >= 15 is 0 Å². The summed E-state index contributed by atoms with van der Waals surface area (Å²) in [7, 11) is 0. The largest absolute Gasteiger partial charge is 0.478 e. The van der Waals surface area contributed by atoms with Gasteiger partial charge in [-0.05, 0) is 55.2 Å². The molecule has 2 amide bonds. The van der Waals surface area contributed by atoms with Crippen LogP contribution in [-0.4, -0.2) is 40.9 Å². The second-order valence-corrected chi connectivity index (χ2v) is 7.25. The molecule has 0 aliphatic carbocycles. The highest BCUT2D eigenvalue weighted by molar-refractivity contribution is 5.97. The minimum atomic E-state index is -1.08. The highest BCUT2D eigenvalue weighted by atomic mass is 19.1. The Kier molecular flexibility index (Phi) is 6.26. The Morgan fingerprint density at radius 2 is 1.79 bits per heavy atom. The smallest absolute Gasteiger partial charge is 0.335 e. The van der Waals surface area contributed by atoms with Crippen molar-refractivity contribution in [2.75, 3.05) is 13.1 Å². The van der Waals surface area contributed by atoms with Gasteiger partial charge in [0, 0.05) is 31.1 Å². The molecule has 29 heavy (non-hydrogen) atoms. The van der Waals surface area contributed by atoms with E-state index in [1.54, 1.807) is 36.1 Å². The molecule has 7 heteroatoms. The van der Waals surface area contributed by atoms with E-state index in [9.17, 15) is 18.8 Å². The van der Waals surface area contributed by atoms with Crippen LogP contribution in [0.5, 0.6) is 0 Å². The number of piperidine rings is 1. The Bertz CT molecular complexity index is 936. The number of carboxylic acid groups (broad SMARTS) is 1. The van der Waals surface area contributed by atoms with Gasteiger partial charge in [0.1, 0.15) is 5.82 Å². The summed E-state index contributed by atoms with van der Waals surface area (Å²) in [5, 5.41) is 11.9. The van der Waals surface area contributed by atoms with Crippen LogP contribution < -0.4 is 5.32 Å². The number of aromatic carboxylic acids is 1. The van der Waals surface area contributed by atoms with Crippen molar-refractivity contribution in [3.05, 3.63) is 70.5 Å². The Labute approximate surface area is 168 Å². The van der Waals surface area contributed by atoms with Gasteiger partial charge in [-0.25, -0.2) is 9.18 Å². The van der Waals surface area contributed by atoms with Gasteiger partial charge in [0.05, 0.1) is 5.56 Å². The zero-order chi connectivity index (χ0) is 21.0. The minimum absolute atomic E-state index is 0.0673. The van der Waals surface area contributed by atoms with Gasteiger partial charge < -0.3 is 15.3 Å². The average molecular weight is 398 g/mol. The number of carbonyl (C=O) groups excluding carboxylic acids is 2. The van der Waals surface area contributed by atoms with E-state index in [4.69, 9.17) is 5.11 Å². The van der Waals surface area contributed by atoms with E-state index < -0.39 is 5.97 Å². The van der Waals surface area contributed by atoms with Gasteiger partial charge >= 0.3 is 5.97 Å². The summed E-state index contributed by atoms with van der Waals surface area (Å²) in [4.78, 5) is 37.8. The van der Waals surface area contributed by atoms with Crippen LogP contribution in [0.15, 0.2) is 42.5 Å². The topological polar surface area (TPSA) is 86.7 Å². The number of likely N-dealkylation sites (tertiary alicyclic amines) is 1. The molecule has 3 rings (SSSR count). The lowest BCUT2D eigenvalue weighted by atomic mass is 9.95. The van der Waals surface area contributed by atoms with Crippen molar-refractivity contribution < 1.29 is 23.9 Å². The van der Waals surface area contributed by atoms with Crippen LogP contribution in [0.4, 0.5) is 4.39 Å². The molecular weight excluding hydrogens is 375 g/mol. The molecule has 0 atom stereocenters. The van der Waals surface area contributed by atoms with E-state index in [1.807, 2.05) is 0 Å². The van der Waals surface area contributed by atoms with E-state index in [1.165, 1.54) is 18.2 Å². The lowest BCUT2D eigenvalue weighted by molar-refractivity contribution is -0.126. The molecule has 1 heterocycles. The summed E-state index contributed by atoms with van der Waals surface area (Å²) >= 11 is 0. The van der Waals surface area contributed by atoms with Gasteiger partial charge in [-0.3, -0.25) is 9.59 Å². The average Bonchev–Trinajstić information content (AvgIpc) is 2.74. The van der Waals surface area contributed by atoms with Crippen LogP contribution in [0.25, 0.3) is 0 Å². The summed E-state index contributed by atoms with van der Waals surface area (Å²) in [5.41, 5.74) is 1.66. The maximum atomic E-state index is 13.6. The van der Waals surface area contributed by atoms with Crippen LogP contribution >= 0.6 is 0 Å². The molecule has 0 radical (unpaired) electrons. The third kappa shape index (κ3) is 4.99. The van der Waals surface area contributed by atoms with Crippen molar-refractivity contribution in [3.8, 4) is 0 Å². The van der Waals surface area contributed by atoms with Crippen molar-refractivity contribution in [1.82, 2.24) is 10.2 Å². The molecule has 2 aromatic carbocycles. The van der Waals surface area contributed by atoms with Crippen molar-refractivity contribution in [2.45, 2.75) is 26.3 Å². The van der Waals surface area contributed by atoms with Gasteiger partial charge in [-0.15, -0.1) is 0 Å². The first-order valence-electron chi connectivity index (χ1n) is 9.50. The number of aryl methyl sites for hydroxylation is 1. The van der Waals surface area contributed by atoms with Crippen LogP contribution in [0.3, 0.4) is 0 Å². The van der Waals surface area contributed by atoms with Crippen molar-refractivity contribution in [3.63, 3.8) is 0 Å². The fourth-order valence-corrected chi connectivity index (χ4v) is 3.39. The summed E-state index contributed by atoms with van der Waals surface area (Å²) in [5.74, 6) is -1.92. The normalized spacial score (nSPS) is 14.5. The molecule has 0 spiro atoms. The number of amides is 2. The highest BCUT2D eigenvalue weighted by Crippen LogP contribution is 2.20. The molecule has 1 aliphatic heterocycles. The number of benzene rings is 2. The molecule has 2 aromatic rings. The Hall–Kier alpha value is -3.22. The molecule has 6 nitrogen and oxygen atoms in total. The SMILES string of the molecule is Cc1ccc(CNC(=O)C2CCN(C(=O)c3cccc(C(=O)O)c3)CC2)cc1F. The predicted molar refractivity (Wildman–Crippen MR) is 105 cm³/mol. The standard InChI is InChI=1S/C22H23FN2O4/c1-14-5-6-15(11-19(14)23)13-24-20(26)16-7-9-25(10-8-16)21(27)17-3-2-4-18(12-17)22(28)29/h2-6,11-12,16H,7-10,13H2,1H3,(H,24,26)(H,28,29). The van der Waals surface area contributed by atoms with E-state index in [2.05, 4.69) is 5.32 Å². The van der Waals surface area contributed by atoms with E-state index in [0.29, 0.717) is 42.6 Å². The monoisotopic (exact) mass is 398 g/mol. The number of hydrogen-bond donors (Lipinski definition) is 2. The fraction of sp³-hybridized carbons (Fsp3) is 0.318. The molecule has 0 bridgehead atoms. The summed E-state index contributed by atoms with van der Waals surface area (Å²) in [6.45, 7) is 2.79. The number of carboxylic acids is 1. The zero-order valence-corrected chi connectivity index (χ0v) is 16.2. The number of carbonyl (C=O) groups is 3. The number of nitrogens with one attached hydrogen (secondary N) is 1. The molecule has 1 fully saturated rings. The summed E-state index contributed by atoms with van der Waals surface area (Å²) < 4.78 is 13.6. The third-order valence-electron chi connectivity index (χ3n) is 5.21. The third-order valence-corrected chi connectivity index (χ3v) is 5.21. The van der Waals surface area contributed by atoms with E-state index in [0.717, 1.165) is 0 Å². The lowest BCUT2D eigenvalue weighted by Gasteiger charge is -2.31. The second-order valence-electron chi connectivity index (χ2n) is 7.25.